The lowest BCUT2D eigenvalue weighted by Gasteiger charge is -2.41. The van der Waals surface area contributed by atoms with E-state index in [1.54, 1.807) is 0 Å². The number of hydrogen-bond acceptors (Lipinski definition) is 5. The summed E-state index contributed by atoms with van der Waals surface area (Å²) in [6.45, 7) is 2.36. The lowest BCUT2D eigenvalue weighted by atomic mass is 9.77. The molecule has 7 heteroatoms. The van der Waals surface area contributed by atoms with E-state index >= 15 is 0 Å². The second kappa shape index (κ2) is 10.4. The first-order valence-corrected chi connectivity index (χ1v) is 10.8. The quantitative estimate of drug-likeness (QED) is 0.688. The average Bonchev–Trinajstić information content (AvgIpc) is 3.48. The van der Waals surface area contributed by atoms with Gasteiger partial charge < -0.3 is 24.7 Å². The van der Waals surface area contributed by atoms with Crippen LogP contribution in [-0.4, -0.2) is 78.3 Å². The zero-order valence-corrected chi connectivity index (χ0v) is 17.9. The number of likely N-dealkylation sites (N-methyl/N-ethyl adjacent to an activating group) is 1. The van der Waals surface area contributed by atoms with E-state index < -0.39 is 0 Å². The van der Waals surface area contributed by atoms with Crippen molar-refractivity contribution in [2.24, 2.45) is 17.8 Å². The van der Waals surface area contributed by atoms with Gasteiger partial charge in [-0.25, -0.2) is 0 Å². The van der Waals surface area contributed by atoms with Crippen LogP contribution < -0.4 is 0 Å². The topological polar surface area (TPSA) is 90.3 Å². The summed E-state index contributed by atoms with van der Waals surface area (Å²) in [4.78, 5) is 25.6. The molecule has 0 spiro atoms. The molecule has 1 heterocycles. The normalized spacial score (nSPS) is 27.9. The van der Waals surface area contributed by atoms with Gasteiger partial charge in [-0.3, -0.25) is 9.59 Å². The maximum absolute atomic E-state index is 12.9. The molecule has 0 bridgehead atoms. The molecule has 166 valence electrons. The average molecular weight is 419 g/mol. The van der Waals surface area contributed by atoms with Crippen LogP contribution in [0.1, 0.15) is 41.6 Å². The van der Waals surface area contributed by atoms with E-state index in [1.807, 2.05) is 29.2 Å². The third-order valence-electron chi connectivity index (χ3n) is 6.66. The van der Waals surface area contributed by atoms with Crippen LogP contribution in [0.4, 0.5) is 0 Å². The summed E-state index contributed by atoms with van der Waals surface area (Å²) in [5.41, 5.74) is 1.56. The number of amides is 1. The molecule has 4 rings (SSSR count). The second-order valence-electron chi connectivity index (χ2n) is 9.01. The van der Waals surface area contributed by atoms with Gasteiger partial charge in [0.05, 0.1) is 12.7 Å². The smallest absolute Gasteiger partial charge is 0.290 e. The Kier molecular flexibility index (Phi) is 7.86. The van der Waals surface area contributed by atoms with Crippen molar-refractivity contribution < 1.29 is 24.5 Å². The monoisotopic (exact) mass is 418 g/mol. The predicted molar refractivity (Wildman–Crippen MR) is 113 cm³/mol. The van der Waals surface area contributed by atoms with E-state index in [9.17, 15) is 9.90 Å². The fraction of sp³-hybridized carbons (Fsp3) is 0.652. The second-order valence-corrected chi connectivity index (χ2v) is 9.01. The van der Waals surface area contributed by atoms with Crippen LogP contribution in [0.25, 0.3) is 0 Å². The summed E-state index contributed by atoms with van der Waals surface area (Å²) >= 11 is 0. The van der Waals surface area contributed by atoms with E-state index in [2.05, 4.69) is 19.0 Å². The molecule has 1 aliphatic heterocycles. The van der Waals surface area contributed by atoms with Crippen molar-refractivity contribution >= 4 is 12.4 Å². The van der Waals surface area contributed by atoms with Crippen LogP contribution in [0.5, 0.6) is 0 Å². The molecule has 2 N–H and O–H groups in total. The highest BCUT2D eigenvalue weighted by Gasteiger charge is 2.45. The minimum atomic E-state index is -0.250. The van der Waals surface area contributed by atoms with E-state index in [-0.39, 0.29) is 19.0 Å². The number of fused-ring (bicyclic) bond motifs is 1. The number of ether oxygens (including phenoxy) is 1. The number of benzene rings is 1. The number of carboxylic acid groups (broad SMARTS) is 1. The highest BCUT2D eigenvalue weighted by atomic mass is 16.5. The van der Waals surface area contributed by atoms with Gasteiger partial charge >= 0.3 is 0 Å². The Bertz CT molecular complexity index is 704. The van der Waals surface area contributed by atoms with Gasteiger partial charge in [-0.15, -0.1) is 0 Å². The highest BCUT2D eigenvalue weighted by Crippen LogP contribution is 2.40. The van der Waals surface area contributed by atoms with Crippen molar-refractivity contribution in [1.29, 1.82) is 0 Å². The zero-order valence-electron chi connectivity index (χ0n) is 17.9. The molecule has 4 atom stereocenters. The minimum Gasteiger partial charge on any atom is -0.483 e. The first-order chi connectivity index (χ1) is 14.5. The van der Waals surface area contributed by atoms with Crippen molar-refractivity contribution in [3.05, 3.63) is 35.4 Å². The van der Waals surface area contributed by atoms with Crippen molar-refractivity contribution in [2.45, 2.75) is 44.4 Å². The predicted octanol–water partition coefficient (Wildman–Crippen LogP) is 2.09. The Hall–Kier alpha value is -1.96. The van der Waals surface area contributed by atoms with Crippen LogP contribution in [0, 0.1) is 17.8 Å². The molecule has 0 aromatic heterocycles. The largest absolute Gasteiger partial charge is 0.483 e. The Morgan fingerprint density at radius 2 is 1.77 bits per heavy atom. The molecule has 1 aromatic rings. The fourth-order valence-electron chi connectivity index (χ4n) is 4.76. The summed E-state index contributed by atoms with van der Waals surface area (Å²) in [5.74, 6) is 2.02. The van der Waals surface area contributed by atoms with Crippen molar-refractivity contribution in [3.63, 3.8) is 0 Å². The Morgan fingerprint density at radius 3 is 2.30 bits per heavy atom. The molecule has 7 nitrogen and oxygen atoms in total. The van der Waals surface area contributed by atoms with Gasteiger partial charge in [0.1, 0.15) is 0 Å². The SMILES string of the molecule is CN(C)[C@@H]1C[C@@H]2CN(C(=O)c3ccc(CO)cc3)C[C@@H]2C[C@H]1OCC1CC1.O=CO. The molecule has 30 heavy (non-hydrogen) atoms. The van der Waals surface area contributed by atoms with Crippen LogP contribution in [0.2, 0.25) is 0 Å². The summed E-state index contributed by atoms with van der Waals surface area (Å²) < 4.78 is 6.33. The molecular weight excluding hydrogens is 384 g/mol. The van der Waals surface area contributed by atoms with E-state index in [0.29, 0.717) is 24.0 Å². The maximum atomic E-state index is 12.9. The van der Waals surface area contributed by atoms with Gasteiger partial charge in [-0.1, -0.05) is 12.1 Å². The number of hydrogen-bond donors (Lipinski definition) is 2. The summed E-state index contributed by atoms with van der Waals surface area (Å²) in [7, 11) is 4.30. The van der Waals surface area contributed by atoms with Crippen LogP contribution in [-0.2, 0) is 16.1 Å². The molecule has 1 saturated heterocycles. The van der Waals surface area contributed by atoms with E-state index in [0.717, 1.165) is 49.6 Å². The Labute approximate surface area is 178 Å². The van der Waals surface area contributed by atoms with Gasteiger partial charge in [0.15, 0.2) is 0 Å². The summed E-state index contributed by atoms with van der Waals surface area (Å²) in [6.07, 6.45) is 5.11. The number of aliphatic hydroxyl groups excluding tert-OH is 1. The number of carbonyl (C=O) groups excluding carboxylic acids is 1. The van der Waals surface area contributed by atoms with Crippen LogP contribution in [0.15, 0.2) is 24.3 Å². The third-order valence-corrected chi connectivity index (χ3v) is 6.66. The molecule has 0 unspecified atom stereocenters. The maximum Gasteiger partial charge on any atom is 0.290 e. The number of aliphatic hydroxyl groups is 1. The molecule has 2 aliphatic carbocycles. The van der Waals surface area contributed by atoms with E-state index in [1.165, 1.54) is 12.8 Å². The zero-order chi connectivity index (χ0) is 21.7. The Morgan fingerprint density at radius 1 is 1.17 bits per heavy atom. The fourth-order valence-corrected chi connectivity index (χ4v) is 4.76. The standard InChI is InChI=1S/C22H32N2O3.CH2O2/c1-23(2)20-9-18-11-24(22(26)17-7-5-15(13-25)6-8-17)12-19(18)10-21(20)27-14-16-3-4-16;2-1-3/h5-8,16,18-21,25H,3-4,9-14H2,1-2H3;1H,(H,2,3)/t18-,19+,20-,21-;/m1./s1. The van der Waals surface area contributed by atoms with Gasteiger partial charge in [-0.2, -0.15) is 0 Å². The molecule has 0 radical (unpaired) electrons. The van der Waals surface area contributed by atoms with Gasteiger partial charge in [0.2, 0.25) is 0 Å². The first-order valence-electron chi connectivity index (χ1n) is 10.8. The van der Waals surface area contributed by atoms with Crippen molar-refractivity contribution in [2.75, 3.05) is 33.8 Å². The van der Waals surface area contributed by atoms with E-state index in [4.69, 9.17) is 14.6 Å². The summed E-state index contributed by atoms with van der Waals surface area (Å²) in [6, 6.07) is 7.78. The molecule has 2 saturated carbocycles. The molecule has 3 fully saturated rings. The number of likely N-dealkylation sites (tertiary alicyclic amines) is 1. The van der Waals surface area contributed by atoms with Gasteiger partial charge in [0, 0.05) is 31.3 Å². The van der Waals surface area contributed by atoms with Crippen molar-refractivity contribution in [1.82, 2.24) is 9.80 Å². The lowest BCUT2D eigenvalue weighted by Crippen LogP contribution is -2.48. The number of carbonyl (C=O) groups is 2. The van der Waals surface area contributed by atoms with Gasteiger partial charge in [-0.05, 0) is 75.2 Å². The molecule has 1 aromatic carbocycles. The molecule has 1 amide bonds. The summed E-state index contributed by atoms with van der Waals surface area (Å²) in [5, 5.41) is 16.1. The molecular formula is C23H34N2O5. The van der Waals surface area contributed by atoms with Crippen molar-refractivity contribution in [3.8, 4) is 0 Å². The number of nitrogens with zero attached hydrogens (tertiary/aromatic N) is 2. The Balaban J connectivity index is 0.000000806. The molecule has 3 aliphatic rings. The third kappa shape index (κ3) is 5.59. The minimum absolute atomic E-state index is 0.0104. The highest BCUT2D eigenvalue weighted by molar-refractivity contribution is 5.94. The lowest BCUT2D eigenvalue weighted by molar-refractivity contribution is -0.122. The van der Waals surface area contributed by atoms with Crippen LogP contribution in [0.3, 0.4) is 0 Å². The van der Waals surface area contributed by atoms with Gasteiger partial charge in [0.25, 0.3) is 12.4 Å². The van der Waals surface area contributed by atoms with Crippen LogP contribution >= 0.6 is 0 Å². The number of rotatable bonds is 6. The first kappa shape index (κ1) is 22.7.